The smallest absolute Gasteiger partial charge is 0.264 e. The van der Waals surface area contributed by atoms with Crippen LogP contribution < -0.4 is 9.62 Å². The monoisotopic (exact) mass is 468 g/mol. The number of aryl methyl sites for hydroxylation is 2. The molecule has 0 aliphatic rings. The highest BCUT2D eigenvalue weighted by Gasteiger charge is 2.27. The summed E-state index contributed by atoms with van der Waals surface area (Å²) in [5.41, 5.74) is 3.76. The van der Waals surface area contributed by atoms with Crippen LogP contribution in [0.4, 0.5) is 5.69 Å². The van der Waals surface area contributed by atoms with Gasteiger partial charge in [-0.15, -0.1) is 0 Å². The van der Waals surface area contributed by atoms with Crippen LogP contribution in [0.5, 0.6) is 0 Å². The van der Waals surface area contributed by atoms with Crippen molar-refractivity contribution in [2.45, 2.75) is 24.5 Å². The van der Waals surface area contributed by atoms with E-state index in [1.165, 1.54) is 15.4 Å². The minimum atomic E-state index is -3.88. The fraction of sp³-hybridized carbons (Fsp3) is 0.240. The van der Waals surface area contributed by atoms with E-state index in [9.17, 15) is 13.2 Å². The van der Waals surface area contributed by atoms with E-state index in [1.54, 1.807) is 54.2 Å². The molecule has 0 heterocycles. The number of nitrogens with one attached hydrogen (secondary N) is 1. The number of hydrogen-bond donors (Lipinski definition) is 1. The van der Waals surface area contributed by atoms with Gasteiger partial charge in [0.15, 0.2) is 0 Å². The molecular formula is C25H28N2O3S2. The fourth-order valence-electron chi connectivity index (χ4n) is 3.19. The number of nitrogens with zero attached hydrogens (tertiary/aromatic N) is 1. The van der Waals surface area contributed by atoms with Gasteiger partial charge >= 0.3 is 0 Å². The zero-order valence-electron chi connectivity index (χ0n) is 18.3. The number of carbonyl (C=O) groups excluding carboxylic acids is 1. The molecule has 0 saturated heterocycles. The fourth-order valence-corrected chi connectivity index (χ4v) is 5.51. The van der Waals surface area contributed by atoms with Gasteiger partial charge in [0, 0.05) is 18.1 Å². The maximum absolute atomic E-state index is 13.3. The Bertz CT molecular complexity index is 1130. The van der Waals surface area contributed by atoms with Crippen LogP contribution in [-0.2, 0) is 20.6 Å². The van der Waals surface area contributed by atoms with Crippen LogP contribution in [0.15, 0.2) is 83.8 Å². The summed E-state index contributed by atoms with van der Waals surface area (Å²) < 4.78 is 27.8. The first-order valence-electron chi connectivity index (χ1n) is 10.4. The molecule has 32 heavy (non-hydrogen) atoms. The summed E-state index contributed by atoms with van der Waals surface area (Å²) in [4.78, 5) is 12.8. The van der Waals surface area contributed by atoms with Crippen LogP contribution in [0, 0.1) is 13.8 Å². The van der Waals surface area contributed by atoms with Crippen molar-refractivity contribution < 1.29 is 13.2 Å². The topological polar surface area (TPSA) is 66.5 Å². The molecule has 0 aliphatic carbocycles. The molecule has 7 heteroatoms. The van der Waals surface area contributed by atoms with Crippen molar-refractivity contribution in [3.63, 3.8) is 0 Å². The minimum absolute atomic E-state index is 0.157. The van der Waals surface area contributed by atoms with Gasteiger partial charge in [-0.05, 0) is 43.2 Å². The molecule has 0 unspecified atom stereocenters. The Morgan fingerprint density at radius 3 is 2.25 bits per heavy atom. The zero-order valence-corrected chi connectivity index (χ0v) is 20.0. The lowest BCUT2D eigenvalue weighted by Gasteiger charge is -2.25. The van der Waals surface area contributed by atoms with E-state index in [4.69, 9.17) is 0 Å². The third-order valence-corrected chi connectivity index (χ3v) is 7.76. The second-order valence-electron chi connectivity index (χ2n) is 7.50. The molecule has 3 rings (SSSR count). The summed E-state index contributed by atoms with van der Waals surface area (Å²) >= 11 is 1.73. The van der Waals surface area contributed by atoms with Gasteiger partial charge in [-0.1, -0.05) is 66.2 Å². The molecular weight excluding hydrogens is 440 g/mol. The average molecular weight is 469 g/mol. The van der Waals surface area contributed by atoms with Crippen LogP contribution in [0.3, 0.4) is 0 Å². The second-order valence-corrected chi connectivity index (χ2v) is 10.5. The molecule has 3 aromatic rings. The summed E-state index contributed by atoms with van der Waals surface area (Å²) in [6, 6.07) is 23.8. The predicted molar refractivity (Wildman–Crippen MR) is 133 cm³/mol. The number of carbonyl (C=O) groups is 1. The Balaban J connectivity index is 1.62. The van der Waals surface area contributed by atoms with Gasteiger partial charge < -0.3 is 5.32 Å². The third kappa shape index (κ3) is 6.37. The van der Waals surface area contributed by atoms with Gasteiger partial charge in [-0.3, -0.25) is 9.10 Å². The van der Waals surface area contributed by atoms with Crippen molar-refractivity contribution in [1.82, 2.24) is 5.32 Å². The van der Waals surface area contributed by atoms with Gasteiger partial charge in [0.2, 0.25) is 5.91 Å². The largest absolute Gasteiger partial charge is 0.354 e. The Hall–Kier alpha value is -2.77. The second kappa shape index (κ2) is 11.2. The maximum Gasteiger partial charge on any atom is 0.264 e. The molecule has 0 radical (unpaired) electrons. The van der Waals surface area contributed by atoms with E-state index in [0.29, 0.717) is 12.2 Å². The van der Waals surface area contributed by atoms with E-state index >= 15 is 0 Å². The van der Waals surface area contributed by atoms with Gasteiger partial charge in [0.05, 0.1) is 10.6 Å². The van der Waals surface area contributed by atoms with E-state index in [0.717, 1.165) is 17.1 Å². The molecule has 0 aliphatic heterocycles. The summed E-state index contributed by atoms with van der Waals surface area (Å²) in [5, 5.41) is 2.86. The summed E-state index contributed by atoms with van der Waals surface area (Å²) in [7, 11) is -3.88. The van der Waals surface area contributed by atoms with Gasteiger partial charge in [-0.2, -0.15) is 11.8 Å². The molecule has 0 aromatic heterocycles. The predicted octanol–water partition coefficient (Wildman–Crippen LogP) is 4.55. The van der Waals surface area contributed by atoms with Crippen molar-refractivity contribution in [1.29, 1.82) is 0 Å². The molecule has 1 amide bonds. The number of sulfonamides is 1. The highest BCUT2D eigenvalue weighted by molar-refractivity contribution is 7.98. The summed E-state index contributed by atoms with van der Waals surface area (Å²) in [5.74, 6) is 1.28. The van der Waals surface area contributed by atoms with Crippen molar-refractivity contribution >= 4 is 33.4 Å². The van der Waals surface area contributed by atoms with Crippen LogP contribution in [0.2, 0.25) is 0 Å². The molecule has 3 aromatic carbocycles. The molecule has 0 fully saturated rings. The van der Waals surface area contributed by atoms with Gasteiger partial charge in [-0.25, -0.2) is 8.42 Å². The molecule has 168 valence electrons. The highest BCUT2D eigenvalue weighted by Crippen LogP contribution is 2.26. The Labute approximate surface area is 194 Å². The average Bonchev–Trinajstić information content (AvgIpc) is 2.79. The minimum Gasteiger partial charge on any atom is -0.354 e. The lowest BCUT2D eigenvalue weighted by molar-refractivity contribution is -0.119. The normalized spacial score (nSPS) is 11.2. The first kappa shape index (κ1) is 23.9. The summed E-state index contributed by atoms with van der Waals surface area (Å²) in [6.07, 6.45) is 0. The number of para-hydroxylation sites is 1. The molecule has 0 saturated carbocycles. The van der Waals surface area contributed by atoms with Crippen LogP contribution in [0.1, 0.15) is 16.7 Å². The van der Waals surface area contributed by atoms with E-state index < -0.39 is 10.0 Å². The van der Waals surface area contributed by atoms with E-state index in [-0.39, 0.29) is 17.3 Å². The van der Waals surface area contributed by atoms with Gasteiger partial charge in [0.25, 0.3) is 10.0 Å². The van der Waals surface area contributed by atoms with E-state index in [1.807, 2.05) is 19.1 Å². The standard InChI is InChI=1S/C25H28N2O3S2/c1-20-12-14-22(15-13-20)19-31-17-16-26-25(28)18-27(24-11-7-6-8-21(24)2)32(29,30)23-9-4-3-5-10-23/h3-15H,16-19H2,1-2H3,(H,26,28). The zero-order chi connectivity index (χ0) is 23.0. The number of anilines is 1. The van der Waals surface area contributed by atoms with Crippen molar-refractivity contribution in [2.75, 3.05) is 23.1 Å². The summed E-state index contributed by atoms with van der Waals surface area (Å²) in [6.45, 7) is 4.10. The van der Waals surface area contributed by atoms with Crippen LogP contribution in [-0.4, -0.2) is 33.2 Å². The number of benzene rings is 3. The Kier molecular flexibility index (Phi) is 8.36. The Morgan fingerprint density at radius 2 is 1.56 bits per heavy atom. The highest BCUT2D eigenvalue weighted by atomic mass is 32.2. The SMILES string of the molecule is Cc1ccc(CSCCNC(=O)CN(c2ccccc2C)S(=O)(=O)c2ccccc2)cc1. The van der Waals surface area contributed by atoms with E-state index in [2.05, 4.69) is 36.5 Å². The molecule has 0 spiro atoms. The van der Waals surface area contributed by atoms with Crippen molar-refractivity contribution in [3.8, 4) is 0 Å². The van der Waals surface area contributed by atoms with Crippen LogP contribution in [0.25, 0.3) is 0 Å². The number of amides is 1. The number of rotatable bonds is 10. The molecule has 5 nitrogen and oxygen atoms in total. The van der Waals surface area contributed by atoms with Crippen LogP contribution >= 0.6 is 11.8 Å². The lowest BCUT2D eigenvalue weighted by Crippen LogP contribution is -2.41. The Morgan fingerprint density at radius 1 is 0.906 bits per heavy atom. The first-order chi connectivity index (χ1) is 15.4. The van der Waals surface area contributed by atoms with Crippen molar-refractivity contribution in [3.05, 3.63) is 95.6 Å². The first-order valence-corrected chi connectivity index (χ1v) is 13.0. The maximum atomic E-state index is 13.3. The molecule has 0 bridgehead atoms. The van der Waals surface area contributed by atoms with Gasteiger partial charge in [0.1, 0.15) is 6.54 Å². The lowest BCUT2D eigenvalue weighted by atomic mass is 10.2. The third-order valence-electron chi connectivity index (χ3n) is 4.96. The van der Waals surface area contributed by atoms with Crippen molar-refractivity contribution in [2.24, 2.45) is 0 Å². The molecule has 1 N–H and O–H groups in total. The number of hydrogen-bond acceptors (Lipinski definition) is 4. The number of thioether (sulfide) groups is 1. The molecule has 0 atom stereocenters. The quantitative estimate of drug-likeness (QED) is 0.444.